The van der Waals surface area contributed by atoms with E-state index in [9.17, 15) is 0 Å². The first-order valence-electron chi connectivity index (χ1n) is 21.9. The Hall–Kier alpha value is -8.20. The summed E-state index contributed by atoms with van der Waals surface area (Å²) in [7, 11) is 0. The molecule has 0 N–H and O–H groups in total. The SMILES string of the molecule is c1ccc(N(c2ccc3c4ccccc4c4ccccc4c3c2)c2cc3c(cc2-n2c4ccccc4c4ccccc42)-c2ccccc2C32c3ccccc3-c3ccccc32)cc1. The van der Waals surface area contributed by atoms with E-state index in [0.29, 0.717) is 0 Å². The largest absolute Gasteiger partial charge is 0.308 e. The van der Waals surface area contributed by atoms with Crippen molar-refractivity contribution in [3.8, 4) is 27.9 Å². The maximum atomic E-state index is 2.56. The van der Waals surface area contributed by atoms with Gasteiger partial charge >= 0.3 is 0 Å². The topological polar surface area (TPSA) is 8.17 Å². The molecule has 0 atom stereocenters. The Morgan fingerprint density at radius 1 is 0.286 bits per heavy atom. The van der Waals surface area contributed by atoms with Gasteiger partial charge in [-0.15, -0.1) is 0 Å². The Kier molecular flexibility index (Phi) is 7.07. The van der Waals surface area contributed by atoms with Crippen LogP contribution in [0.1, 0.15) is 22.3 Å². The van der Waals surface area contributed by atoms with Crippen LogP contribution < -0.4 is 4.90 Å². The van der Waals surface area contributed by atoms with Crippen LogP contribution in [0, 0.1) is 0 Å². The summed E-state index contributed by atoms with van der Waals surface area (Å²) in [4.78, 5) is 2.52. The third kappa shape index (κ3) is 4.57. The molecule has 12 aromatic rings. The van der Waals surface area contributed by atoms with Crippen molar-refractivity contribution in [2.75, 3.05) is 4.90 Å². The molecule has 292 valence electrons. The zero-order valence-corrected chi connectivity index (χ0v) is 34.3. The zero-order valence-electron chi connectivity index (χ0n) is 34.3. The van der Waals surface area contributed by atoms with Crippen molar-refractivity contribution in [1.29, 1.82) is 0 Å². The number of anilines is 3. The smallest absolute Gasteiger partial charge is 0.0726 e. The standard InChI is InChI=1S/C61H38N2/c1-2-18-39(19-3-1)62(40-34-35-45-43-22-5-4-20-41(43)42-21-6-7-23-44(42)51(45)36-40)60-38-56-52(37-59(60)63-57-32-16-11-27-49(57)50-28-12-17-33-58(50)63)48-26-10-15-31-55(48)61(56)53-29-13-8-24-46(53)47-25-9-14-30-54(47)61/h1-38H. The quantitative estimate of drug-likeness (QED) is 0.161. The van der Waals surface area contributed by atoms with Crippen molar-refractivity contribution in [2.45, 2.75) is 5.41 Å². The van der Waals surface area contributed by atoms with Crippen LogP contribution in [0.4, 0.5) is 17.1 Å². The molecule has 0 saturated heterocycles. The fourth-order valence-corrected chi connectivity index (χ4v) is 11.7. The first kappa shape index (κ1) is 34.5. The Morgan fingerprint density at radius 3 is 1.27 bits per heavy atom. The number of hydrogen-bond acceptors (Lipinski definition) is 1. The van der Waals surface area contributed by atoms with Crippen LogP contribution in [0.3, 0.4) is 0 Å². The van der Waals surface area contributed by atoms with E-state index in [1.54, 1.807) is 0 Å². The number of hydrogen-bond donors (Lipinski definition) is 0. The highest BCUT2D eigenvalue weighted by atomic mass is 15.2. The average molecular weight is 799 g/mol. The molecule has 0 unspecified atom stereocenters. The number of rotatable bonds is 4. The van der Waals surface area contributed by atoms with E-state index in [0.717, 1.165) is 22.7 Å². The molecule has 2 aliphatic carbocycles. The second-order valence-corrected chi connectivity index (χ2v) is 17.1. The van der Waals surface area contributed by atoms with Gasteiger partial charge in [0.05, 0.1) is 27.8 Å². The van der Waals surface area contributed by atoms with Crippen molar-refractivity contribution in [1.82, 2.24) is 4.57 Å². The highest BCUT2D eigenvalue weighted by Gasteiger charge is 2.52. The number of fused-ring (bicyclic) bond motifs is 19. The number of benzene rings is 11. The fraction of sp³-hybridized carbons (Fsp3) is 0.0164. The van der Waals surface area contributed by atoms with E-state index in [1.807, 2.05) is 0 Å². The van der Waals surface area contributed by atoms with Gasteiger partial charge in [0, 0.05) is 22.1 Å². The van der Waals surface area contributed by atoms with E-state index in [4.69, 9.17) is 0 Å². The van der Waals surface area contributed by atoms with Crippen LogP contribution in [0.15, 0.2) is 231 Å². The lowest BCUT2D eigenvalue weighted by Gasteiger charge is -2.33. The summed E-state index contributed by atoms with van der Waals surface area (Å²) in [5.74, 6) is 0. The molecule has 2 aliphatic rings. The van der Waals surface area contributed by atoms with Gasteiger partial charge in [0.25, 0.3) is 0 Å². The molecule has 0 radical (unpaired) electrons. The Labute approximate surface area is 365 Å². The lowest BCUT2D eigenvalue weighted by Crippen LogP contribution is -2.26. The highest BCUT2D eigenvalue weighted by molar-refractivity contribution is 6.26. The maximum Gasteiger partial charge on any atom is 0.0726 e. The highest BCUT2D eigenvalue weighted by Crippen LogP contribution is 2.64. The van der Waals surface area contributed by atoms with Gasteiger partial charge in [0.2, 0.25) is 0 Å². The molecule has 2 nitrogen and oxygen atoms in total. The van der Waals surface area contributed by atoms with Crippen LogP contribution in [0.5, 0.6) is 0 Å². The molecule has 1 heterocycles. The van der Waals surface area contributed by atoms with Crippen LogP contribution in [0.25, 0.3) is 82.1 Å². The third-order valence-corrected chi connectivity index (χ3v) is 14.2. The van der Waals surface area contributed by atoms with Gasteiger partial charge in [-0.25, -0.2) is 0 Å². The Bertz CT molecular complexity index is 3740. The molecule has 63 heavy (non-hydrogen) atoms. The van der Waals surface area contributed by atoms with Crippen molar-refractivity contribution in [2.24, 2.45) is 0 Å². The molecule has 0 saturated carbocycles. The van der Waals surface area contributed by atoms with Crippen LogP contribution in [-0.2, 0) is 5.41 Å². The van der Waals surface area contributed by atoms with Gasteiger partial charge in [-0.2, -0.15) is 0 Å². The number of nitrogens with zero attached hydrogens (tertiary/aromatic N) is 2. The van der Waals surface area contributed by atoms with Gasteiger partial charge < -0.3 is 9.47 Å². The van der Waals surface area contributed by atoms with Crippen LogP contribution in [-0.4, -0.2) is 4.57 Å². The summed E-state index contributed by atoms with van der Waals surface area (Å²) < 4.78 is 2.52. The molecule has 0 amide bonds. The van der Waals surface area contributed by atoms with Crippen molar-refractivity contribution in [3.63, 3.8) is 0 Å². The van der Waals surface area contributed by atoms with Crippen LogP contribution >= 0.6 is 0 Å². The molecule has 14 rings (SSSR count). The zero-order chi connectivity index (χ0) is 41.2. The van der Waals surface area contributed by atoms with E-state index in [-0.39, 0.29) is 0 Å². The summed E-state index contributed by atoms with van der Waals surface area (Å²) in [5.41, 5.74) is 16.8. The first-order chi connectivity index (χ1) is 31.3. The number of para-hydroxylation sites is 3. The molecule has 11 aromatic carbocycles. The molecular weight excluding hydrogens is 761 g/mol. The Morgan fingerprint density at radius 2 is 0.714 bits per heavy atom. The molecule has 0 aliphatic heterocycles. The minimum Gasteiger partial charge on any atom is -0.308 e. The predicted octanol–water partition coefficient (Wildman–Crippen LogP) is 16.1. The number of aromatic nitrogens is 1. The molecular formula is C61H38N2. The van der Waals surface area contributed by atoms with Crippen molar-refractivity contribution >= 4 is 71.2 Å². The first-order valence-corrected chi connectivity index (χ1v) is 21.9. The van der Waals surface area contributed by atoms with Gasteiger partial charge in [0.1, 0.15) is 0 Å². The van der Waals surface area contributed by atoms with Gasteiger partial charge in [-0.1, -0.05) is 182 Å². The van der Waals surface area contributed by atoms with Crippen LogP contribution in [0.2, 0.25) is 0 Å². The van der Waals surface area contributed by atoms with E-state index in [2.05, 4.69) is 240 Å². The minimum atomic E-state index is -0.506. The summed E-state index contributed by atoms with van der Waals surface area (Å²) >= 11 is 0. The molecule has 1 aromatic heterocycles. The second kappa shape index (κ2) is 12.9. The second-order valence-electron chi connectivity index (χ2n) is 17.1. The molecule has 2 heteroatoms. The normalized spacial score (nSPS) is 13.2. The van der Waals surface area contributed by atoms with Crippen molar-refractivity contribution in [3.05, 3.63) is 253 Å². The van der Waals surface area contributed by atoms with Gasteiger partial charge in [0.15, 0.2) is 0 Å². The lowest BCUT2D eigenvalue weighted by atomic mass is 9.70. The monoisotopic (exact) mass is 798 g/mol. The Balaban J connectivity index is 1.16. The summed E-state index contributed by atoms with van der Waals surface area (Å²) in [6.45, 7) is 0. The van der Waals surface area contributed by atoms with Gasteiger partial charge in [-0.3, -0.25) is 0 Å². The third-order valence-electron chi connectivity index (χ3n) is 14.2. The lowest BCUT2D eigenvalue weighted by molar-refractivity contribution is 0.793. The van der Waals surface area contributed by atoms with Crippen molar-refractivity contribution < 1.29 is 0 Å². The van der Waals surface area contributed by atoms with E-state index < -0.39 is 5.41 Å². The molecule has 0 bridgehead atoms. The molecule has 1 spiro atoms. The van der Waals surface area contributed by atoms with Gasteiger partial charge in [-0.05, 0) is 125 Å². The fourth-order valence-electron chi connectivity index (χ4n) is 11.7. The average Bonchev–Trinajstić information content (AvgIpc) is 3.96. The minimum absolute atomic E-state index is 0.506. The predicted molar refractivity (Wildman–Crippen MR) is 264 cm³/mol. The summed E-state index contributed by atoms with van der Waals surface area (Å²) in [6.07, 6.45) is 0. The summed E-state index contributed by atoms with van der Waals surface area (Å²) in [6, 6.07) is 86.1. The summed E-state index contributed by atoms with van der Waals surface area (Å²) in [5, 5.41) is 10.1. The molecule has 0 fully saturated rings. The van der Waals surface area contributed by atoms with E-state index in [1.165, 1.54) is 98.6 Å². The maximum absolute atomic E-state index is 2.56. The van der Waals surface area contributed by atoms with E-state index >= 15 is 0 Å².